The molecule has 2 nitrogen and oxygen atoms in total. The second-order valence-corrected chi connectivity index (χ2v) is 19.9. The Hall–Kier alpha value is -7.20. The average Bonchev–Trinajstić information content (AvgIpc) is 3.92. The maximum Gasteiger partial charge on any atom is 0.0555 e. The number of aromatic nitrogens is 1. The first-order chi connectivity index (χ1) is 30.8. The highest BCUT2D eigenvalue weighted by Gasteiger charge is 2.45. The molecule has 14 rings (SSSR count). The molecule has 0 fully saturated rings. The summed E-state index contributed by atoms with van der Waals surface area (Å²) in [5.41, 5.74) is 15.0. The molecule has 3 heterocycles. The van der Waals surface area contributed by atoms with Gasteiger partial charge in [0.25, 0.3) is 0 Å². The van der Waals surface area contributed by atoms with Crippen LogP contribution in [0, 0.1) is 0 Å². The molecule has 0 amide bonds. The van der Waals surface area contributed by atoms with Crippen LogP contribution in [0.25, 0.3) is 91.1 Å². The molecule has 2 aromatic heterocycles. The molecule has 0 bridgehead atoms. The fraction of sp³-hybridized carbons (Fsp3) is 0.100. The van der Waals surface area contributed by atoms with Gasteiger partial charge in [-0.25, -0.2) is 0 Å². The molecular formula is C60H42N2S. The molecule has 10 aromatic carbocycles. The molecule has 0 radical (unpaired) electrons. The molecule has 298 valence electrons. The summed E-state index contributed by atoms with van der Waals surface area (Å²) in [6.45, 7) is 9.75. The lowest BCUT2D eigenvalue weighted by Crippen LogP contribution is -2.33. The van der Waals surface area contributed by atoms with Crippen LogP contribution in [0.15, 0.2) is 182 Å². The molecule has 0 unspecified atom stereocenters. The van der Waals surface area contributed by atoms with E-state index < -0.39 is 0 Å². The first kappa shape index (κ1) is 35.4. The van der Waals surface area contributed by atoms with Crippen molar-refractivity contribution in [1.82, 2.24) is 4.57 Å². The Labute approximate surface area is 369 Å². The second-order valence-electron chi connectivity index (χ2n) is 18.9. The first-order valence-corrected chi connectivity index (χ1v) is 23.0. The standard InChI is InChI=1S/C60H42N2S/c1-59(2)49-24-11-13-26-53(49)62(36-17-15-16-35(30-36)61-52-25-12-9-22-41(52)47-32-48-42-23-10-14-27-55(42)63-56(48)34-54(47)61)58-50(59)29-28-43-46-31-44-39-20-7-5-18-37(39)38-19-6-8-21-40(38)45(44)33-51(46)60(3,4)57(43)58/h5-34H,1-4H3. The van der Waals surface area contributed by atoms with Crippen molar-refractivity contribution in [2.45, 2.75) is 38.5 Å². The van der Waals surface area contributed by atoms with E-state index >= 15 is 0 Å². The van der Waals surface area contributed by atoms with Gasteiger partial charge < -0.3 is 9.47 Å². The van der Waals surface area contributed by atoms with Gasteiger partial charge >= 0.3 is 0 Å². The molecule has 3 heteroatoms. The normalized spacial score (nSPS) is 14.9. The lowest BCUT2D eigenvalue weighted by atomic mass is 9.70. The number of para-hydroxylation sites is 2. The molecule has 12 aromatic rings. The minimum Gasteiger partial charge on any atom is -0.309 e. The number of nitrogens with zero attached hydrogens (tertiary/aromatic N) is 2. The van der Waals surface area contributed by atoms with Crippen LogP contribution in [0.1, 0.15) is 49.9 Å². The zero-order valence-electron chi connectivity index (χ0n) is 35.6. The summed E-state index contributed by atoms with van der Waals surface area (Å²) in [4.78, 5) is 2.61. The van der Waals surface area contributed by atoms with Crippen molar-refractivity contribution < 1.29 is 0 Å². The third-order valence-electron chi connectivity index (χ3n) is 14.9. The van der Waals surface area contributed by atoms with Crippen LogP contribution in [0.3, 0.4) is 0 Å². The van der Waals surface area contributed by atoms with E-state index in [9.17, 15) is 0 Å². The summed E-state index contributed by atoms with van der Waals surface area (Å²) in [7, 11) is 0. The van der Waals surface area contributed by atoms with Gasteiger partial charge in [0, 0.05) is 53.1 Å². The summed E-state index contributed by atoms with van der Waals surface area (Å²) in [5, 5.41) is 13.1. The van der Waals surface area contributed by atoms with Crippen molar-refractivity contribution in [2.75, 3.05) is 4.90 Å². The lowest BCUT2D eigenvalue weighted by Gasteiger charge is -2.44. The minimum absolute atomic E-state index is 0.223. The highest BCUT2D eigenvalue weighted by molar-refractivity contribution is 7.25. The molecule has 0 spiro atoms. The summed E-state index contributed by atoms with van der Waals surface area (Å²) in [6.07, 6.45) is 0. The zero-order valence-corrected chi connectivity index (χ0v) is 36.4. The number of hydrogen-bond acceptors (Lipinski definition) is 2. The molecule has 0 saturated carbocycles. The topological polar surface area (TPSA) is 8.17 Å². The van der Waals surface area contributed by atoms with Gasteiger partial charge in [0.05, 0.1) is 22.4 Å². The Bertz CT molecular complexity index is 3990. The number of thiophene rings is 1. The van der Waals surface area contributed by atoms with E-state index in [-0.39, 0.29) is 10.8 Å². The SMILES string of the molecule is CC1(C)c2ccccc2N(c2cccc(-n3c4ccccc4c4cc5c(cc43)sc3ccccc35)c2)c2c1ccc1c2C(C)(C)c2cc3c4ccccc4c4ccccc4c3cc2-1. The van der Waals surface area contributed by atoms with Gasteiger partial charge in [-0.1, -0.05) is 149 Å². The minimum atomic E-state index is -0.280. The number of benzene rings is 10. The third-order valence-corrected chi connectivity index (χ3v) is 16.0. The lowest BCUT2D eigenvalue weighted by molar-refractivity contribution is 0.617. The Kier molecular flexibility index (Phi) is 6.88. The molecule has 0 atom stereocenters. The van der Waals surface area contributed by atoms with Crippen LogP contribution < -0.4 is 4.90 Å². The molecular weight excluding hydrogens is 781 g/mol. The smallest absolute Gasteiger partial charge is 0.0555 e. The van der Waals surface area contributed by atoms with E-state index in [4.69, 9.17) is 0 Å². The first-order valence-electron chi connectivity index (χ1n) is 22.2. The maximum atomic E-state index is 2.61. The Morgan fingerprint density at radius 1 is 0.365 bits per heavy atom. The predicted molar refractivity (Wildman–Crippen MR) is 271 cm³/mol. The summed E-state index contributed by atoms with van der Waals surface area (Å²) in [6, 6.07) is 68.9. The molecule has 1 aliphatic carbocycles. The number of hydrogen-bond donors (Lipinski definition) is 0. The Morgan fingerprint density at radius 3 is 1.78 bits per heavy atom. The molecule has 63 heavy (non-hydrogen) atoms. The quantitative estimate of drug-likeness (QED) is 0.158. The number of fused-ring (bicyclic) bond motifs is 18. The van der Waals surface area contributed by atoms with Gasteiger partial charge in [0.2, 0.25) is 0 Å². The summed E-state index contributed by atoms with van der Waals surface area (Å²) < 4.78 is 5.14. The van der Waals surface area contributed by atoms with E-state index in [2.05, 4.69) is 219 Å². The van der Waals surface area contributed by atoms with E-state index in [0.717, 1.165) is 11.4 Å². The Balaban J connectivity index is 1.03. The van der Waals surface area contributed by atoms with E-state index in [1.807, 2.05) is 11.3 Å². The van der Waals surface area contributed by atoms with Gasteiger partial charge in [0.15, 0.2) is 0 Å². The zero-order chi connectivity index (χ0) is 41.9. The fourth-order valence-electron chi connectivity index (χ4n) is 12.0. The van der Waals surface area contributed by atoms with Crippen molar-refractivity contribution >= 4 is 103 Å². The van der Waals surface area contributed by atoms with Crippen LogP contribution in [-0.2, 0) is 10.8 Å². The summed E-state index contributed by atoms with van der Waals surface area (Å²) >= 11 is 1.89. The van der Waals surface area contributed by atoms with Crippen molar-refractivity contribution in [3.8, 4) is 16.8 Å². The van der Waals surface area contributed by atoms with Crippen LogP contribution in [0.4, 0.5) is 17.1 Å². The monoisotopic (exact) mass is 822 g/mol. The van der Waals surface area contributed by atoms with Gasteiger partial charge in [-0.3, -0.25) is 0 Å². The van der Waals surface area contributed by atoms with Crippen molar-refractivity contribution in [2.24, 2.45) is 0 Å². The van der Waals surface area contributed by atoms with Crippen LogP contribution in [0.5, 0.6) is 0 Å². The molecule has 0 N–H and O–H groups in total. The van der Waals surface area contributed by atoms with Crippen molar-refractivity contribution in [3.63, 3.8) is 0 Å². The van der Waals surface area contributed by atoms with Crippen molar-refractivity contribution in [1.29, 1.82) is 0 Å². The second kappa shape index (κ2) is 12.2. The fourth-order valence-corrected chi connectivity index (χ4v) is 13.1. The highest BCUT2D eigenvalue weighted by Crippen LogP contribution is 2.61. The van der Waals surface area contributed by atoms with Gasteiger partial charge in [-0.2, -0.15) is 0 Å². The predicted octanol–water partition coefficient (Wildman–Crippen LogP) is 17.0. The summed E-state index contributed by atoms with van der Waals surface area (Å²) in [5.74, 6) is 0. The molecule has 0 saturated heterocycles. The number of anilines is 3. The molecule has 2 aliphatic rings. The largest absolute Gasteiger partial charge is 0.309 e. The van der Waals surface area contributed by atoms with Gasteiger partial charge in [-0.15, -0.1) is 11.3 Å². The number of rotatable bonds is 2. The van der Waals surface area contributed by atoms with Crippen LogP contribution >= 0.6 is 11.3 Å². The molecule has 1 aliphatic heterocycles. The highest BCUT2D eigenvalue weighted by atomic mass is 32.1. The Morgan fingerprint density at radius 2 is 1.00 bits per heavy atom. The maximum absolute atomic E-state index is 2.61. The van der Waals surface area contributed by atoms with Crippen LogP contribution in [-0.4, -0.2) is 4.57 Å². The van der Waals surface area contributed by atoms with Crippen molar-refractivity contribution in [3.05, 3.63) is 204 Å². The van der Waals surface area contributed by atoms with Gasteiger partial charge in [0.1, 0.15) is 0 Å². The van der Waals surface area contributed by atoms with Crippen LogP contribution in [0.2, 0.25) is 0 Å². The average molecular weight is 823 g/mol. The van der Waals surface area contributed by atoms with E-state index in [1.165, 1.54) is 119 Å². The third kappa shape index (κ3) is 4.57. The van der Waals surface area contributed by atoms with E-state index in [0.29, 0.717) is 0 Å². The van der Waals surface area contributed by atoms with E-state index in [1.54, 1.807) is 0 Å². The van der Waals surface area contributed by atoms with Gasteiger partial charge in [-0.05, 0) is 126 Å².